The van der Waals surface area contributed by atoms with Gasteiger partial charge in [-0.2, -0.15) is 0 Å². The van der Waals surface area contributed by atoms with Gasteiger partial charge in [0.2, 0.25) is 11.8 Å². The molecular weight excluding hydrogens is 372 g/mol. The molecule has 5 nitrogen and oxygen atoms in total. The second kappa shape index (κ2) is 7.86. The first-order valence-electron chi connectivity index (χ1n) is 8.95. The number of rotatable bonds is 5. The van der Waals surface area contributed by atoms with Gasteiger partial charge in [0, 0.05) is 5.69 Å². The van der Waals surface area contributed by atoms with Gasteiger partial charge < -0.3 is 5.32 Å². The summed E-state index contributed by atoms with van der Waals surface area (Å²) in [7, 11) is 0. The maximum Gasteiger partial charge on any atom is 0.286 e. The lowest BCUT2D eigenvalue weighted by Crippen LogP contribution is -2.25. The van der Waals surface area contributed by atoms with E-state index in [0.717, 1.165) is 33.7 Å². The summed E-state index contributed by atoms with van der Waals surface area (Å²) in [4.78, 5) is 35.2. The fourth-order valence-corrected chi connectivity index (χ4v) is 4.06. The summed E-state index contributed by atoms with van der Waals surface area (Å²) < 4.78 is 0. The highest BCUT2D eigenvalue weighted by atomic mass is 32.2. The van der Waals surface area contributed by atoms with Crippen LogP contribution in [0.1, 0.15) is 11.1 Å². The van der Waals surface area contributed by atoms with E-state index in [1.54, 1.807) is 0 Å². The van der Waals surface area contributed by atoms with E-state index in [0.29, 0.717) is 18.5 Å². The van der Waals surface area contributed by atoms with Crippen LogP contribution in [0, 0.1) is 0 Å². The maximum absolute atomic E-state index is 12.4. The molecule has 3 aromatic carbocycles. The van der Waals surface area contributed by atoms with E-state index in [1.165, 1.54) is 0 Å². The van der Waals surface area contributed by atoms with Gasteiger partial charge in [0.15, 0.2) is 0 Å². The van der Waals surface area contributed by atoms with Crippen LogP contribution < -0.4 is 10.6 Å². The van der Waals surface area contributed by atoms with Gasteiger partial charge in [-0.1, -0.05) is 66.4 Å². The van der Waals surface area contributed by atoms with E-state index < -0.39 is 0 Å². The monoisotopic (exact) mass is 390 g/mol. The highest BCUT2D eigenvalue weighted by Crippen LogP contribution is 2.23. The van der Waals surface area contributed by atoms with E-state index in [-0.39, 0.29) is 22.3 Å². The molecule has 3 aromatic rings. The standard InChI is InChI=1S/C22H18N2O3S/c25-20(13-15-5-8-16-3-1-2-4-17(16)11-15)23-18-9-6-14(7-10-18)12-19-21(26)24-22(27)28-19/h1-11,19H,12-13H2,(H,23,25)(H,24,26,27). The van der Waals surface area contributed by atoms with E-state index >= 15 is 0 Å². The van der Waals surface area contributed by atoms with Crippen molar-refractivity contribution in [1.29, 1.82) is 0 Å². The molecule has 0 aliphatic carbocycles. The zero-order valence-corrected chi connectivity index (χ0v) is 15.8. The number of carbonyl (C=O) groups is 3. The first-order chi connectivity index (χ1) is 13.6. The molecule has 0 spiro atoms. The van der Waals surface area contributed by atoms with E-state index in [2.05, 4.69) is 10.6 Å². The molecule has 0 saturated carbocycles. The minimum Gasteiger partial charge on any atom is -0.326 e. The number of anilines is 1. The predicted octanol–water partition coefficient (Wildman–Crippen LogP) is 3.92. The Hall–Kier alpha value is -3.12. The number of hydrogen-bond donors (Lipinski definition) is 2. The number of carbonyl (C=O) groups excluding carboxylic acids is 3. The van der Waals surface area contributed by atoms with E-state index in [4.69, 9.17) is 0 Å². The number of thioether (sulfide) groups is 1. The van der Waals surface area contributed by atoms with Gasteiger partial charge in [0.25, 0.3) is 5.24 Å². The highest BCUT2D eigenvalue weighted by Gasteiger charge is 2.31. The molecule has 0 radical (unpaired) electrons. The second-order valence-corrected chi connectivity index (χ2v) is 7.87. The molecule has 140 valence electrons. The Morgan fingerprint density at radius 1 is 0.929 bits per heavy atom. The Morgan fingerprint density at radius 3 is 2.36 bits per heavy atom. The van der Waals surface area contributed by atoms with Gasteiger partial charge in [-0.05, 0) is 40.5 Å². The predicted molar refractivity (Wildman–Crippen MR) is 111 cm³/mol. The lowest BCUT2D eigenvalue weighted by atomic mass is 10.0. The Balaban J connectivity index is 1.36. The van der Waals surface area contributed by atoms with Crippen molar-refractivity contribution in [2.45, 2.75) is 18.1 Å². The third-order valence-corrected chi connectivity index (χ3v) is 5.59. The minimum absolute atomic E-state index is 0.0839. The molecule has 1 atom stereocenters. The first-order valence-corrected chi connectivity index (χ1v) is 9.83. The van der Waals surface area contributed by atoms with Gasteiger partial charge in [-0.3, -0.25) is 19.7 Å². The summed E-state index contributed by atoms with van der Waals surface area (Å²) in [5, 5.41) is 6.76. The minimum atomic E-state index is -0.388. The Morgan fingerprint density at radius 2 is 1.64 bits per heavy atom. The normalized spacial score (nSPS) is 16.2. The molecular formula is C22H18N2O3S. The molecule has 1 aliphatic heterocycles. The zero-order chi connectivity index (χ0) is 19.5. The number of fused-ring (bicyclic) bond motifs is 1. The number of nitrogens with one attached hydrogen (secondary N) is 2. The smallest absolute Gasteiger partial charge is 0.286 e. The molecule has 28 heavy (non-hydrogen) atoms. The third-order valence-electron chi connectivity index (χ3n) is 4.60. The van der Waals surface area contributed by atoms with Gasteiger partial charge >= 0.3 is 0 Å². The largest absolute Gasteiger partial charge is 0.326 e. The number of hydrogen-bond acceptors (Lipinski definition) is 4. The quantitative estimate of drug-likeness (QED) is 0.693. The van der Waals surface area contributed by atoms with Crippen molar-refractivity contribution >= 4 is 45.3 Å². The van der Waals surface area contributed by atoms with Crippen LogP contribution in [0.4, 0.5) is 10.5 Å². The summed E-state index contributed by atoms with van der Waals surface area (Å²) in [5.74, 6) is -0.331. The van der Waals surface area contributed by atoms with Gasteiger partial charge in [-0.15, -0.1) is 0 Å². The molecule has 1 fully saturated rings. The van der Waals surface area contributed by atoms with Crippen LogP contribution >= 0.6 is 11.8 Å². The average molecular weight is 390 g/mol. The molecule has 0 bridgehead atoms. The van der Waals surface area contributed by atoms with Crippen LogP contribution in [0.25, 0.3) is 10.8 Å². The van der Waals surface area contributed by atoms with Crippen LogP contribution in [0.5, 0.6) is 0 Å². The van der Waals surface area contributed by atoms with Crippen LogP contribution in [0.3, 0.4) is 0 Å². The zero-order valence-electron chi connectivity index (χ0n) is 15.0. The first kappa shape index (κ1) is 18.3. The topological polar surface area (TPSA) is 75.3 Å². The molecule has 1 unspecified atom stereocenters. The van der Waals surface area contributed by atoms with Crippen LogP contribution in [-0.2, 0) is 22.4 Å². The number of imide groups is 1. The van der Waals surface area contributed by atoms with Crippen molar-refractivity contribution in [1.82, 2.24) is 5.32 Å². The molecule has 2 N–H and O–H groups in total. The lowest BCUT2D eigenvalue weighted by molar-refractivity contribution is -0.119. The third kappa shape index (κ3) is 4.23. The number of benzene rings is 3. The fourth-order valence-electron chi connectivity index (χ4n) is 3.21. The summed E-state index contributed by atoms with van der Waals surface area (Å²) >= 11 is 1.02. The van der Waals surface area contributed by atoms with Gasteiger partial charge in [0.1, 0.15) is 0 Å². The van der Waals surface area contributed by atoms with Crippen molar-refractivity contribution in [3.8, 4) is 0 Å². The van der Waals surface area contributed by atoms with Crippen molar-refractivity contribution in [2.75, 3.05) is 5.32 Å². The SMILES string of the molecule is O=C(Cc1ccc2ccccc2c1)Nc1ccc(CC2SC(=O)NC2=O)cc1. The van der Waals surface area contributed by atoms with Gasteiger partial charge in [-0.25, -0.2) is 0 Å². The van der Waals surface area contributed by atoms with Crippen molar-refractivity contribution in [3.05, 3.63) is 77.9 Å². The summed E-state index contributed by atoms with van der Waals surface area (Å²) in [5.41, 5.74) is 2.60. The van der Waals surface area contributed by atoms with E-state index in [9.17, 15) is 14.4 Å². The summed E-state index contributed by atoms with van der Waals surface area (Å²) in [6, 6.07) is 21.4. The second-order valence-electron chi connectivity index (χ2n) is 6.69. The molecule has 1 aliphatic rings. The fraction of sp³-hybridized carbons (Fsp3) is 0.136. The van der Waals surface area contributed by atoms with Gasteiger partial charge in [0.05, 0.1) is 11.7 Å². The van der Waals surface area contributed by atoms with Crippen molar-refractivity contribution in [3.63, 3.8) is 0 Å². The molecule has 1 saturated heterocycles. The van der Waals surface area contributed by atoms with Crippen LogP contribution in [0.15, 0.2) is 66.7 Å². The Bertz CT molecular complexity index is 1060. The van der Waals surface area contributed by atoms with E-state index in [1.807, 2.05) is 66.7 Å². The summed E-state index contributed by atoms with van der Waals surface area (Å²) in [6.07, 6.45) is 0.779. The molecule has 0 aromatic heterocycles. The number of amides is 3. The van der Waals surface area contributed by atoms with Crippen LogP contribution in [-0.4, -0.2) is 22.3 Å². The molecule has 4 rings (SSSR count). The maximum atomic E-state index is 12.4. The molecule has 1 heterocycles. The van der Waals surface area contributed by atoms with Crippen molar-refractivity contribution in [2.24, 2.45) is 0 Å². The van der Waals surface area contributed by atoms with Crippen molar-refractivity contribution < 1.29 is 14.4 Å². The average Bonchev–Trinajstić information content (AvgIpc) is 3.00. The lowest BCUT2D eigenvalue weighted by Gasteiger charge is -2.09. The highest BCUT2D eigenvalue weighted by molar-refractivity contribution is 8.15. The molecule has 6 heteroatoms. The Labute approximate surface area is 166 Å². The van der Waals surface area contributed by atoms with Crippen LogP contribution in [0.2, 0.25) is 0 Å². The Kier molecular flexibility index (Phi) is 5.12. The summed E-state index contributed by atoms with van der Waals surface area (Å²) in [6.45, 7) is 0. The molecule has 3 amide bonds.